The summed E-state index contributed by atoms with van der Waals surface area (Å²) in [4.78, 5) is 34.4. The molecule has 1 saturated heterocycles. The molecule has 0 atom stereocenters. The fourth-order valence-electron chi connectivity index (χ4n) is 2.60. The quantitative estimate of drug-likeness (QED) is 0.367. The number of ether oxygens (including phenoxy) is 2. The van der Waals surface area contributed by atoms with Gasteiger partial charge in [-0.05, 0) is 38.0 Å². The number of esters is 2. The third kappa shape index (κ3) is 3.08. The lowest BCUT2D eigenvalue weighted by Gasteiger charge is -2.32. The van der Waals surface area contributed by atoms with Gasteiger partial charge < -0.3 is 9.47 Å². The van der Waals surface area contributed by atoms with Gasteiger partial charge in [-0.15, -0.1) is 0 Å². The zero-order chi connectivity index (χ0) is 16.7. The topological polar surface area (TPSA) is 95.7 Å². The lowest BCUT2D eigenvalue weighted by atomic mass is 9.95. The van der Waals surface area contributed by atoms with E-state index in [-0.39, 0.29) is 12.1 Å². The number of carbonyl (C=O) groups excluding carboxylic acids is 2. The molecule has 1 fully saturated rings. The maximum atomic E-state index is 11.9. The molecule has 7 nitrogen and oxygen atoms in total. The Labute approximate surface area is 127 Å². The standard InChI is InChI=1S/C15H17NO6/c1-8-5-10(6-9(2)12(8)16(19)20)7-11-13(17)21-15(3,4)22-14(11)18/h5-6,11H,7H2,1-4H3. The van der Waals surface area contributed by atoms with Crippen LogP contribution in [0, 0.1) is 29.9 Å². The van der Waals surface area contributed by atoms with Crippen LogP contribution in [0.15, 0.2) is 12.1 Å². The Morgan fingerprint density at radius 2 is 1.59 bits per heavy atom. The van der Waals surface area contributed by atoms with Crippen molar-refractivity contribution in [2.24, 2.45) is 5.92 Å². The van der Waals surface area contributed by atoms with Gasteiger partial charge in [-0.1, -0.05) is 0 Å². The lowest BCUT2D eigenvalue weighted by molar-refractivity contribution is -0.386. The van der Waals surface area contributed by atoms with Crippen LogP contribution in [0.25, 0.3) is 0 Å². The number of nitro groups is 1. The summed E-state index contributed by atoms with van der Waals surface area (Å²) < 4.78 is 10.1. The summed E-state index contributed by atoms with van der Waals surface area (Å²) in [6, 6.07) is 3.21. The van der Waals surface area contributed by atoms with Gasteiger partial charge in [0.05, 0.1) is 4.92 Å². The van der Waals surface area contributed by atoms with Crippen molar-refractivity contribution < 1.29 is 24.0 Å². The van der Waals surface area contributed by atoms with Crippen LogP contribution in [0.1, 0.15) is 30.5 Å². The monoisotopic (exact) mass is 307 g/mol. The molecule has 22 heavy (non-hydrogen) atoms. The van der Waals surface area contributed by atoms with E-state index in [1.807, 2.05) is 0 Å². The molecule has 0 N–H and O–H groups in total. The molecule has 1 heterocycles. The zero-order valence-electron chi connectivity index (χ0n) is 12.8. The van der Waals surface area contributed by atoms with E-state index in [1.165, 1.54) is 13.8 Å². The third-order valence-corrected chi connectivity index (χ3v) is 3.44. The van der Waals surface area contributed by atoms with E-state index in [1.54, 1.807) is 26.0 Å². The van der Waals surface area contributed by atoms with Crippen LogP contribution < -0.4 is 0 Å². The first-order valence-electron chi connectivity index (χ1n) is 6.81. The molecule has 0 spiro atoms. The Morgan fingerprint density at radius 1 is 1.14 bits per heavy atom. The van der Waals surface area contributed by atoms with Crippen LogP contribution in [0.3, 0.4) is 0 Å². The second-order valence-corrected chi connectivity index (χ2v) is 5.83. The van der Waals surface area contributed by atoms with Gasteiger partial charge >= 0.3 is 11.9 Å². The van der Waals surface area contributed by atoms with Crippen LogP contribution in [-0.4, -0.2) is 22.6 Å². The highest BCUT2D eigenvalue weighted by atomic mass is 16.7. The third-order valence-electron chi connectivity index (χ3n) is 3.44. The maximum absolute atomic E-state index is 11.9. The number of rotatable bonds is 3. The van der Waals surface area contributed by atoms with Crippen LogP contribution in [0.2, 0.25) is 0 Å². The zero-order valence-corrected chi connectivity index (χ0v) is 12.8. The molecular weight excluding hydrogens is 290 g/mol. The second-order valence-electron chi connectivity index (χ2n) is 5.83. The van der Waals surface area contributed by atoms with E-state index in [0.717, 1.165) is 0 Å². The van der Waals surface area contributed by atoms with E-state index in [4.69, 9.17) is 9.47 Å². The van der Waals surface area contributed by atoms with Crippen molar-refractivity contribution in [3.63, 3.8) is 0 Å². The molecule has 0 bridgehead atoms. The second kappa shape index (κ2) is 5.40. The highest BCUT2D eigenvalue weighted by Crippen LogP contribution is 2.29. The van der Waals surface area contributed by atoms with Crippen molar-refractivity contribution in [2.75, 3.05) is 0 Å². The number of hydrogen-bond donors (Lipinski definition) is 0. The molecule has 7 heteroatoms. The molecule has 1 aromatic rings. The first-order valence-corrected chi connectivity index (χ1v) is 6.81. The van der Waals surface area contributed by atoms with Crippen molar-refractivity contribution in [1.29, 1.82) is 0 Å². The van der Waals surface area contributed by atoms with Crippen molar-refractivity contribution in [1.82, 2.24) is 0 Å². The van der Waals surface area contributed by atoms with Crippen molar-refractivity contribution in [2.45, 2.75) is 39.9 Å². The number of hydrogen-bond acceptors (Lipinski definition) is 6. The Balaban J connectivity index is 2.26. The molecule has 0 amide bonds. The van der Waals surface area contributed by atoms with Crippen molar-refractivity contribution in [3.05, 3.63) is 38.9 Å². The smallest absolute Gasteiger partial charge is 0.323 e. The van der Waals surface area contributed by atoms with Gasteiger partial charge in [0.2, 0.25) is 0 Å². The number of benzene rings is 1. The highest BCUT2D eigenvalue weighted by Gasteiger charge is 2.43. The summed E-state index contributed by atoms with van der Waals surface area (Å²) in [5, 5.41) is 11.0. The SMILES string of the molecule is Cc1cc(CC2C(=O)OC(C)(C)OC2=O)cc(C)c1[N+](=O)[O-]. The van der Waals surface area contributed by atoms with Gasteiger partial charge in [0.1, 0.15) is 0 Å². The number of cyclic esters (lactones) is 2. The first-order chi connectivity index (χ1) is 10.1. The van der Waals surface area contributed by atoms with E-state index in [0.29, 0.717) is 16.7 Å². The molecule has 1 aromatic carbocycles. The molecular formula is C15H17NO6. The van der Waals surface area contributed by atoms with Crippen molar-refractivity contribution in [3.8, 4) is 0 Å². The number of aryl methyl sites for hydroxylation is 2. The predicted octanol–water partition coefficient (Wildman–Crippen LogP) is 2.21. The van der Waals surface area contributed by atoms with E-state index in [9.17, 15) is 19.7 Å². The summed E-state index contributed by atoms with van der Waals surface area (Å²) in [6.45, 7) is 6.21. The molecule has 0 unspecified atom stereocenters. The van der Waals surface area contributed by atoms with Crippen LogP contribution in [-0.2, 0) is 25.5 Å². The van der Waals surface area contributed by atoms with Gasteiger partial charge in [-0.25, -0.2) is 0 Å². The summed E-state index contributed by atoms with van der Waals surface area (Å²) >= 11 is 0. The minimum Gasteiger partial charge on any atom is -0.422 e. The van der Waals surface area contributed by atoms with Gasteiger partial charge in [0.25, 0.3) is 11.5 Å². The summed E-state index contributed by atoms with van der Waals surface area (Å²) in [5.41, 5.74) is 1.66. The van der Waals surface area contributed by atoms with Crippen LogP contribution >= 0.6 is 0 Å². The molecule has 0 radical (unpaired) electrons. The average molecular weight is 307 g/mol. The highest BCUT2D eigenvalue weighted by molar-refractivity contribution is 5.97. The number of carbonyl (C=O) groups is 2. The Kier molecular flexibility index (Phi) is 3.91. The Morgan fingerprint density at radius 3 is 2.00 bits per heavy atom. The first kappa shape index (κ1) is 15.9. The fraction of sp³-hybridized carbons (Fsp3) is 0.467. The minimum atomic E-state index is -1.26. The predicted molar refractivity (Wildman–Crippen MR) is 76.0 cm³/mol. The summed E-state index contributed by atoms with van der Waals surface area (Å²) in [7, 11) is 0. The van der Waals surface area contributed by atoms with Crippen LogP contribution in [0.5, 0.6) is 0 Å². The molecule has 0 aliphatic carbocycles. The maximum Gasteiger partial charge on any atom is 0.323 e. The van der Waals surface area contributed by atoms with E-state index >= 15 is 0 Å². The Bertz CT molecular complexity index is 621. The van der Waals surface area contributed by atoms with Gasteiger partial charge in [0.15, 0.2) is 5.92 Å². The summed E-state index contributed by atoms with van der Waals surface area (Å²) in [6.07, 6.45) is 0.0907. The summed E-state index contributed by atoms with van der Waals surface area (Å²) in [5.74, 6) is -3.59. The van der Waals surface area contributed by atoms with E-state index in [2.05, 4.69) is 0 Å². The molecule has 1 aliphatic heterocycles. The van der Waals surface area contributed by atoms with Gasteiger partial charge in [0, 0.05) is 25.0 Å². The number of nitrogens with zero attached hydrogens (tertiary/aromatic N) is 1. The molecule has 1 aliphatic rings. The van der Waals surface area contributed by atoms with E-state index < -0.39 is 28.6 Å². The molecule has 118 valence electrons. The largest absolute Gasteiger partial charge is 0.422 e. The van der Waals surface area contributed by atoms with Gasteiger partial charge in [-0.2, -0.15) is 0 Å². The Hall–Kier alpha value is -2.44. The lowest BCUT2D eigenvalue weighted by Crippen LogP contribution is -2.46. The molecule has 0 saturated carbocycles. The molecule has 2 rings (SSSR count). The van der Waals surface area contributed by atoms with Gasteiger partial charge in [-0.3, -0.25) is 19.7 Å². The molecule has 0 aromatic heterocycles. The van der Waals surface area contributed by atoms with Crippen molar-refractivity contribution >= 4 is 17.6 Å². The normalized spacial score (nSPS) is 17.8. The fourth-order valence-corrected chi connectivity index (χ4v) is 2.60. The number of nitro benzene ring substituents is 1. The average Bonchev–Trinajstić information content (AvgIpc) is 2.31. The van der Waals surface area contributed by atoms with Crippen LogP contribution in [0.4, 0.5) is 5.69 Å². The minimum absolute atomic E-state index is 0.0404.